The molecule has 1 heterocycles. The lowest BCUT2D eigenvalue weighted by atomic mass is 10.0. The molecule has 0 saturated carbocycles. The van der Waals surface area contributed by atoms with Crippen molar-refractivity contribution in [1.82, 2.24) is 4.98 Å². The predicted molar refractivity (Wildman–Crippen MR) is 96.1 cm³/mol. The number of benzene rings is 1. The van der Waals surface area contributed by atoms with Crippen LogP contribution >= 0.6 is 0 Å². The second-order valence-electron chi connectivity index (χ2n) is 6.81. The number of rotatable bonds is 5. The fraction of sp³-hybridized carbons (Fsp3) is 0.450. The van der Waals surface area contributed by atoms with Crippen molar-refractivity contribution >= 4 is 11.5 Å². The van der Waals surface area contributed by atoms with E-state index in [0.717, 1.165) is 5.82 Å². The van der Waals surface area contributed by atoms with Gasteiger partial charge in [-0.3, -0.25) is 0 Å². The summed E-state index contributed by atoms with van der Waals surface area (Å²) in [7, 11) is 0. The van der Waals surface area contributed by atoms with Gasteiger partial charge < -0.3 is 4.90 Å². The molecule has 0 N–H and O–H groups in total. The van der Waals surface area contributed by atoms with E-state index >= 15 is 0 Å². The highest BCUT2D eigenvalue weighted by Crippen LogP contribution is 2.28. The molecule has 2 aromatic rings. The molecule has 0 radical (unpaired) electrons. The summed E-state index contributed by atoms with van der Waals surface area (Å²) in [6, 6.07) is 13.5. The molecule has 0 spiro atoms. The third kappa shape index (κ3) is 3.68. The minimum atomic E-state index is 0.363. The fourth-order valence-electron chi connectivity index (χ4n) is 2.60. The average molecular weight is 296 g/mol. The van der Waals surface area contributed by atoms with E-state index in [1.54, 1.807) is 0 Å². The van der Waals surface area contributed by atoms with Gasteiger partial charge in [-0.25, -0.2) is 4.98 Å². The smallest absolute Gasteiger partial charge is 0.133 e. The Balaban J connectivity index is 2.33. The highest BCUT2D eigenvalue weighted by molar-refractivity contribution is 5.61. The number of anilines is 2. The van der Waals surface area contributed by atoms with E-state index in [1.165, 1.54) is 16.8 Å². The zero-order valence-corrected chi connectivity index (χ0v) is 14.7. The van der Waals surface area contributed by atoms with Crippen LogP contribution in [0.25, 0.3) is 0 Å². The molecule has 0 saturated heterocycles. The first-order chi connectivity index (χ1) is 10.4. The number of aromatic nitrogens is 1. The van der Waals surface area contributed by atoms with E-state index in [4.69, 9.17) is 0 Å². The van der Waals surface area contributed by atoms with E-state index in [-0.39, 0.29) is 0 Å². The van der Waals surface area contributed by atoms with Crippen molar-refractivity contribution in [2.24, 2.45) is 0 Å². The Labute approximate surface area is 135 Å². The molecular formula is C20H28N2. The van der Waals surface area contributed by atoms with Gasteiger partial charge in [0.05, 0.1) is 0 Å². The molecule has 0 aliphatic carbocycles. The molecule has 0 aliphatic heterocycles. The van der Waals surface area contributed by atoms with E-state index in [9.17, 15) is 0 Å². The summed E-state index contributed by atoms with van der Waals surface area (Å²) in [6.45, 7) is 13.2. The highest BCUT2D eigenvalue weighted by Gasteiger charge is 2.15. The van der Waals surface area contributed by atoms with Gasteiger partial charge in [0.1, 0.15) is 5.82 Å². The Hall–Kier alpha value is -1.83. The zero-order chi connectivity index (χ0) is 16.3. The first-order valence-electron chi connectivity index (χ1n) is 8.25. The summed E-state index contributed by atoms with van der Waals surface area (Å²) in [4.78, 5) is 6.97. The number of hydrogen-bond acceptors (Lipinski definition) is 2. The lowest BCUT2D eigenvalue weighted by molar-refractivity contribution is 0.772. The minimum absolute atomic E-state index is 0.363. The largest absolute Gasteiger partial charge is 0.324 e. The Morgan fingerprint density at radius 1 is 0.727 bits per heavy atom. The van der Waals surface area contributed by atoms with Crippen LogP contribution in [0.2, 0.25) is 0 Å². The van der Waals surface area contributed by atoms with Crippen molar-refractivity contribution in [3.8, 4) is 0 Å². The van der Waals surface area contributed by atoms with Crippen LogP contribution < -0.4 is 4.90 Å². The third-order valence-corrected chi connectivity index (χ3v) is 4.04. The van der Waals surface area contributed by atoms with Crippen LogP contribution in [-0.4, -0.2) is 11.0 Å². The second kappa shape index (κ2) is 6.95. The van der Waals surface area contributed by atoms with Crippen molar-refractivity contribution in [3.05, 3.63) is 53.7 Å². The molecule has 0 amide bonds. The normalized spacial score (nSPS) is 11.5. The number of pyridine rings is 1. The van der Waals surface area contributed by atoms with Crippen LogP contribution in [-0.2, 0) is 0 Å². The van der Waals surface area contributed by atoms with Gasteiger partial charge in [0.15, 0.2) is 0 Å². The zero-order valence-electron chi connectivity index (χ0n) is 14.7. The number of nitrogens with zero attached hydrogens (tertiary/aromatic N) is 2. The van der Waals surface area contributed by atoms with Gasteiger partial charge in [-0.05, 0) is 55.0 Å². The molecule has 1 aromatic carbocycles. The summed E-state index contributed by atoms with van der Waals surface area (Å²) < 4.78 is 0. The molecule has 0 atom stereocenters. The molecule has 0 unspecified atom stereocenters. The summed E-state index contributed by atoms with van der Waals surface area (Å²) in [6.07, 6.45) is 2.00. The Bertz CT molecular complexity index is 529. The van der Waals surface area contributed by atoms with Crippen molar-refractivity contribution in [3.63, 3.8) is 0 Å². The summed E-state index contributed by atoms with van der Waals surface area (Å²) in [5.74, 6) is 2.08. The van der Waals surface area contributed by atoms with Gasteiger partial charge in [-0.15, -0.1) is 0 Å². The molecular weight excluding hydrogens is 268 g/mol. The lowest BCUT2D eigenvalue weighted by Crippen LogP contribution is -2.26. The molecule has 1 aromatic heterocycles. The maximum atomic E-state index is 4.68. The van der Waals surface area contributed by atoms with Gasteiger partial charge >= 0.3 is 0 Å². The molecule has 2 nitrogen and oxygen atoms in total. The van der Waals surface area contributed by atoms with E-state index in [1.807, 2.05) is 6.20 Å². The monoisotopic (exact) mass is 296 g/mol. The van der Waals surface area contributed by atoms with Crippen LogP contribution in [0.5, 0.6) is 0 Å². The molecule has 118 valence electrons. The van der Waals surface area contributed by atoms with Crippen LogP contribution in [0.1, 0.15) is 64.5 Å². The molecule has 0 fully saturated rings. The van der Waals surface area contributed by atoms with E-state index < -0.39 is 0 Å². The first-order valence-corrected chi connectivity index (χ1v) is 8.25. The van der Waals surface area contributed by atoms with E-state index in [2.05, 4.69) is 87.8 Å². The molecule has 0 aliphatic rings. The van der Waals surface area contributed by atoms with Crippen molar-refractivity contribution in [2.75, 3.05) is 4.90 Å². The molecule has 22 heavy (non-hydrogen) atoms. The second-order valence-corrected chi connectivity index (χ2v) is 6.81. The first kappa shape index (κ1) is 16.5. The third-order valence-electron chi connectivity index (χ3n) is 4.04. The van der Waals surface area contributed by atoms with Crippen LogP contribution in [0.3, 0.4) is 0 Å². The molecule has 2 rings (SSSR count). The fourth-order valence-corrected chi connectivity index (χ4v) is 2.60. The topological polar surface area (TPSA) is 16.1 Å². The SMILES string of the molecule is CC(C)c1ccc(N(c2ccc(C(C)C)cn2)C(C)C)cc1. The average Bonchev–Trinajstić information content (AvgIpc) is 2.48. The summed E-state index contributed by atoms with van der Waals surface area (Å²) in [5, 5.41) is 0. The highest BCUT2D eigenvalue weighted by atomic mass is 15.2. The number of hydrogen-bond donors (Lipinski definition) is 0. The maximum absolute atomic E-state index is 4.68. The molecule has 2 heteroatoms. The Morgan fingerprint density at radius 2 is 1.27 bits per heavy atom. The van der Waals surface area contributed by atoms with Gasteiger partial charge in [0, 0.05) is 17.9 Å². The molecule has 0 bridgehead atoms. The van der Waals surface area contributed by atoms with Crippen LogP contribution in [0.15, 0.2) is 42.6 Å². The van der Waals surface area contributed by atoms with Gasteiger partial charge in [-0.1, -0.05) is 45.9 Å². The van der Waals surface area contributed by atoms with Crippen molar-refractivity contribution < 1.29 is 0 Å². The standard InChI is InChI=1S/C20H28N2/c1-14(2)17-7-10-19(11-8-17)22(16(5)6)20-12-9-18(13-21-20)15(3)4/h7-16H,1-6H3. The lowest BCUT2D eigenvalue weighted by Gasteiger charge is -2.28. The van der Waals surface area contributed by atoms with Crippen LogP contribution in [0, 0.1) is 0 Å². The summed E-state index contributed by atoms with van der Waals surface area (Å²) in [5.41, 5.74) is 3.85. The van der Waals surface area contributed by atoms with Crippen molar-refractivity contribution in [1.29, 1.82) is 0 Å². The maximum Gasteiger partial charge on any atom is 0.133 e. The predicted octanol–water partition coefficient (Wildman–Crippen LogP) is 5.87. The minimum Gasteiger partial charge on any atom is -0.324 e. The van der Waals surface area contributed by atoms with Gasteiger partial charge in [-0.2, -0.15) is 0 Å². The van der Waals surface area contributed by atoms with Gasteiger partial charge in [0.2, 0.25) is 0 Å². The summed E-state index contributed by atoms with van der Waals surface area (Å²) >= 11 is 0. The van der Waals surface area contributed by atoms with E-state index in [0.29, 0.717) is 17.9 Å². The Kier molecular flexibility index (Phi) is 5.23. The van der Waals surface area contributed by atoms with Gasteiger partial charge in [0.25, 0.3) is 0 Å². The Morgan fingerprint density at radius 3 is 1.68 bits per heavy atom. The van der Waals surface area contributed by atoms with Crippen LogP contribution in [0.4, 0.5) is 11.5 Å². The van der Waals surface area contributed by atoms with Crippen molar-refractivity contribution in [2.45, 2.75) is 59.4 Å². The quantitative estimate of drug-likeness (QED) is 0.685.